The van der Waals surface area contributed by atoms with Crippen molar-refractivity contribution in [3.05, 3.63) is 103 Å². The SMILES string of the molecule is CC(C)(C)OC(=O)CCc1ccc(CNc2nc(-c3cncnc3)nc3cccc(-c4ccccc4)c23)cc1. The van der Waals surface area contributed by atoms with Crippen molar-refractivity contribution in [1.82, 2.24) is 19.9 Å². The largest absolute Gasteiger partial charge is 0.460 e. The summed E-state index contributed by atoms with van der Waals surface area (Å²) in [6, 6.07) is 24.6. The Labute approximate surface area is 228 Å². The third kappa shape index (κ3) is 6.62. The molecule has 2 heterocycles. The minimum atomic E-state index is -0.467. The van der Waals surface area contributed by atoms with Gasteiger partial charge in [0.15, 0.2) is 5.82 Å². The minimum absolute atomic E-state index is 0.183. The molecule has 0 unspecified atom stereocenters. The maximum atomic E-state index is 12.1. The second-order valence-electron chi connectivity index (χ2n) is 10.3. The predicted octanol–water partition coefficient (Wildman–Crippen LogP) is 6.64. The lowest BCUT2D eigenvalue weighted by atomic mass is 10.0. The van der Waals surface area contributed by atoms with E-state index in [1.807, 2.05) is 51.1 Å². The quantitative estimate of drug-likeness (QED) is 0.231. The van der Waals surface area contributed by atoms with Gasteiger partial charge in [0.25, 0.3) is 0 Å². The summed E-state index contributed by atoms with van der Waals surface area (Å²) >= 11 is 0. The van der Waals surface area contributed by atoms with Gasteiger partial charge in [-0.2, -0.15) is 0 Å². The van der Waals surface area contributed by atoms with Crippen LogP contribution in [0, 0.1) is 0 Å². The topological polar surface area (TPSA) is 89.9 Å². The van der Waals surface area contributed by atoms with Crippen molar-refractivity contribution in [2.75, 3.05) is 5.32 Å². The number of carbonyl (C=O) groups excluding carboxylic acids is 1. The fourth-order valence-electron chi connectivity index (χ4n) is 4.36. The Kier molecular flexibility index (Phi) is 7.59. The fraction of sp³-hybridized carbons (Fsp3) is 0.219. The standard InChI is InChI=1S/C32H31N5O2/c1-32(2,3)39-28(38)17-16-22-12-14-23(15-13-22)18-35-31-29-26(24-8-5-4-6-9-24)10-7-11-27(29)36-30(37-31)25-19-33-21-34-20-25/h4-15,19-21H,16-18H2,1-3H3,(H,35,36,37). The average molecular weight is 518 g/mol. The number of ether oxygens (including phenoxy) is 1. The number of carbonyl (C=O) groups is 1. The molecule has 0 saturated carbocycles. The first kappa shape index (κ1) is 26.0. The Morgan fingerprint density at radius 2 is 1.54 bits per heavy atom. The molecular formula is C32H31N5O2. The Morgan fingerprint density at radius 1 is 0.821 bits per heavy atom. The molecule has 39 heavy (non-hydrogen) atoms. The number of hydrogen-bond acceptors (Lipinski definition) is 7. The molecule has 5 rings (SSSR count). The molecule has 7 nitrogen and oxygen atoms in total. The molecule has 1 N–H and O–H groups in total. The van der Waals surface area contributed by atoms with E-state index in [1.165, 1.54) is 6.33 Å². The van der Waals surface area contributed by atoms with Crippen LogP contribution in [-0.2, 0) is 22.5 Å². The summed E-state index contributed by atoms with van der Waals surface area (Å²) in [6.45, 7) is 6.22. The summed E-state index contributed by atoms with van der Waals surface area (Å²) in [6.07, 6.45) is 5.93. The highest BCUT2D eigenvalue weighted by molar-refractivity contribution is 6.02. The lowest BCUT2D eigenvalue weighted by molar-refractivity contribution is -0.154. The number of nitrogens with zero attached hydrogens (tertiary/aromatic N) is 4. The van der Waals surface area contributed by atoms with Crippen LogP contribution in [0.4, 0.5) is 5.82 Å². The van der Waals surface area contributed by atoms with E-state index in [-0.39, 0.29) is 5.97 Å². The molecule has 0 amide bonds. The zero-order chi connectivity index (χ0) is 27.2. The Hall–Kier alpha value is -4.65. The number of nitrogens with one attached hydrogen (secondary N) is 1. The maximum absolute atomic E-state index is 12.1. The van der Waals surface area contributed by atoms with Gasteiger partial charge in [-0.05, 0) is 55.5 Å². The smallest absolute Gasteiger partial charge is 0.306 e. The molecule has 0 aliphatic carbocycles. The zero-order valence-corrected chi connectivity index (χ0v) is 22.4. The molecule has 5 aromatic rings. The monoisotopic (exact) mass is 517 g/mol. The summed E-state index contributed by atoms with van der Waals surface area (Å²) in [5.74, 6) is 1.12. The number of rotatable bonds is 8. The van der Waals surface area contributed by atoms with Gasteiger partial charge < -0.3 is 10.1 Å². The van der Waals surface area contributed by atoms with E-state index in [0.717, 1.165) is 44.5 Å². The molecule has 2 aromatic heterocycles. The first-order valence-electron chi connectivity index (χ1n) is 13.0. The van der Waals surface area contributed by atoms with E-state index >= 15 is 0 Å². The van der Waals surface area contributed by atoms with Crippen LogP contribution in [0.15, 0.2) is 91.5 Å². The highest BCUT2D eigenvalue weighted by Crippen LogP contribution is 2.34. The van der Waals surface area contributed by atoms with E-state index in [2.05, 4.69) is 57.7 Å². The first-order chi connectivity index (χ1) is 18.9. The van der Waals surface area contributed by atoms with Crippen LogP contribution in [0.1, 0.15) is 38.3 Å². The molecular weight excluding hydrogens is 486 g/mol. The molecule has 7 heteroatoms. The van der Waals surface area contributed by atoms with E-state index in [4.69, 9.17) is 14.7 Å². The lowest BCUT2D eigenvalue weighted by Crippen LogP contribution is -2.24. The summed E-state index contributed by atoms with van der Waals surface area (Å²) in [4.78, 5) is 30.1. The van der Waals surface area contributed by atoms with Crippen molar-refractivity contribution >= 4 is 22.7 Å². The summed E-state index contributed by atoms with van der Waals surface area (Å²) in [5.41, 5.74) is 5.47. The second kappa shape index (κ2) is 11.4. The zero-order valence-electron chi connectivity index (χ0n) is 22.4. The van der Waals surface area contributed by atoms with E-state index < -0.39 is 5.60 Å². The third-order valence-electron chi connectivity index (χ3n) is 6.15. The first-order valence-corrected chi connectivity index (χ1v) is 13.0. The molecule has 196 valence electrons. The van der Waals surface area contributed by atoms with Crippen molar-refractivity contribution in [2.24, 2.45) is 0 Å². The van der Waals surface area contributed by atoms with Gasteiger partial charge in [-0.1, -0.05) is 66.7 Å². The normalized spacial score (nSPS) is 11.4. The molecule has 0 spiro atoms. The van der Waals surface area contributed by atoms with Gasteiger partial charge in [-0.3, -0.25) is 4.79 Å². The molecule has 0 aliphatic rings. The van der Waals surface area contributed by atoms with Crippen LogP contribution < -0.4 is 5.32 Å². The van der Waals surface area contributed by atoms with Crippen LogP contribution in [0.5, 0.6) is 0 Å². The molecule has 0 bridgehead atoms. The summed E-state index contributed by atoms with van der Waals surface area (Å²) < 4.78 is 5.42. The lowest BCUT2D eigenvalue weighted by Gasteiger charge is -2.19. The third-order valence-corrected chi connectivity index (χ3v) is 6.15. The van der Waals surface area contributed by atoms with Gasteiger partial charge in [0.1, 0.15) is 17.7 Å². The van der Waals surface area contributed by atoms with Crippen molar-refractivity contribution < 1.29 is 9.53 Å². The molecule has 0 aliphatic heterocycles. The molecule has 0 radical (unpaired) electrons. The van der Waals surface area contributed by atoms with Crippen LogP contribution in [0.2, 0.25) is 0 Å². The van der Waals surface area contributed by atoms with Crippen LogP contribution >= 0.6 is 0 Å². The van der Waals surface area contributed by atoms with Gasteiger partial charge in [0.2, 0.25) is 0 Å². The number of aromatic nitrogens is 4. The van der Waals surface area contributed by atoms with Crippen molar-refractivity contribution in [1.29, 1.82) is 0 Å². The second-order valence-corrected chi connectivity index (χ2v) is 10.3. The number of fused-ring (bicyclic) bond motifs is 1. The van der Waals surface area contributed by atoms with Crippen molar-refractivity contribution in [2.45, 2.75) is 45.8 Å². The van der Waals surface area contributed by atoms with Gasteiger partial charge >= 0.3 is 5.97 Å². The highest BCUT2D eigenvalue weighted by Gasteiger charge is 2.16. The number of benzene rings is 3. The van der Waals surface area contributed by atoms with Crippen molar-refractivity contribution in [3.63, 3.8) is 0 Å². The number of aryl methyl sites for hydroxylation is 1. The van der Waals surface area contributed by atoms with Crippen LogP contribution in [0.3, 0.4) is 0 Å². The van der Waals surface area contributed by atoms with E-state index in [1.54, 1.807) is 12.4 Å². The molecule has 0 atom stereocenters. The van der Waals surface area contributed by atoms with Gasteiger partial charge in [-0.25, -0.2) is 19.9 Å². The fourth-order valence-corrected chi connectivity index (χ4v) is 4.36. The van der Waals surface area contributed by atoms with Crippen molar-refractivity contribution in [3.8, 4) is 22.5 Å². The maximum Gasteiger partial charge on any atom is 0.306 e. The van der Waals surface area contributed by atoms with Crippen LogP contribution in [0.25, 0.3) is 33.4 Å². The Balaban J connectivity index is 1.41. The Bertz CT molecular complexity index is 1560. The number of esters is 1. The number of anilines is 1. The minimum Gasteiger partial charge on any atom is -0.460 e. The van der Waals surface area contributed by atoms with Gasteiger partial charge in [0.05, 0.1) is 16.5 Å². The van der Waals surface area contributed by atoms with E-state index in [9.17, 15) is 4.79 Å². The Morgan fingerprint density at radius 3 is 2.26 bits per heavy atom. The van der Waals surface area contributed by atoms with Gasteiger partial charge in [0, 0.05) is 25.4 Å². The van der Waals surface area contributed by atoms with Gasteiger partial charge in [-0.15, -0.1) is 0 Å². The molecule has 0 saturated heterocycles. The number of hydrogen-bond donors (Lipinski definition) is 1. The summed E-state index contributed by atoms with van der Waals surface area (Å²) in [7, 11) is 0. The average Bonchev–Trinajstić information content (AvgIpc) is 2.95. The van der Waals surface area contributed by atoms with Crippen LogP contribution in [-0.4, -0.2) is 31.5 Å². The van der Waals surface area contributed by atoms with E-state index in [0.29, 0.717) is 25.2 Å². The summed E-state index contributed by atoms with van der Waals surface area (Å²) in [5, 5.41) is 4.51. The highest BCUT2D eigenvalue weighted by atomic mass is 16.6. The molecule has 3 aromatic carbocycles. The molecule has 0 fully saturated rings. The predicted molar refractivity (Wildman–Crippen MR) is 154 cm³/mol.